The van der Waals surface area contributed by atoms with Gasteiger partial charge in [0.15, 0.2) is 0 Å². The second-order valence-corrected chi connectivity index (χ2v) is 9.63. The number of anilines is 1. The molecular formula is C26H28F3N5S. The molecule has 0 amide bonds. The number of nitrogens with one attached hydrogen (secondary N) is 1. The molecule has 0 saturated heterocycles. The van der Waals surface area contributed by atoms with Gasteiger partial charge in [0, 0.05) is 28.7 Å². The number of benzene rings is 2. The molecule has 184 valence electrons. The first-order valence-electron chi connectivity index (χ1n) is 11.7. The maximum absolute atomic E-state index is 12.9. The molecular weight excluding hydrogens is 471 g/mol. The van der Waals surface area contributed by atoms with Crippen LogP contribution in [0, 0.1) is 6.92 Å². The molecule has 0 aliphatic heterocycles. The highest BCUT2D eigenvalue weighted by atomic mass is 32.2. The average molecular weight is 500 g/mol. The van der Waals surface area contributed by atoms with Crippen molar-refractivity contribution in [1.29, 1.82) is 0 Å². The molecule has 0 fully saturated rings. The van der Waals surface area contributed by atoms with Crippen molar-refractivity contribution in [2.45, 2.75) is 56.8 Å². The third kappa shape index (κ3) is 7.21. The van der Waals surface area contributed by atoms with Gasteiger partial charge in [-0.15, -0.1) is 16.9 Å². The van der Waals surface area contributed by atoms with Crippen LogP contribution >= 0.6 is 11.8 Å². The molecule has 0 bridgehead atoms. The first-order chi connectivity index (χ1) is 16.9. The van der Waals surface area contributed by atoms with Gasteiger partial charge in [-0.3, -0.25) is 9.67 Å². The summed E-state index contributed by atoms with van der Waals surface area (Å²) in [6.45, 7) is 3.54. The number of hydrogen-bond donors (Lipinski definition) is 1. The molecule has 0 unspecified atom stereocenters. The van der Waals surface area contributed by atoms with Crippen LogP contribution in [0.15, 0.2) is 65.8 Å². The van der Waals surface area contributed by atoms with E-state index in [0.717, 1.165) is 71.8 Å². The molecule has 9 heteroatoms. The molecule has 0 radical (unpaired) electrons. The minimum atomic E-state index is -4.36. The number of nitrogens with zero attached hydrogens (tertiary/aromatic N) is 4. The summed E-state index contributed by atoms with van der Waals surface area (Å²) in [5.41, 5.74) is 2.92. The van der Waals surface area contributed by atoms with E-state index >= 15 is 0 Å². The Morgan fingerprint density at radius 2 is 1.77 bits per heavy atom. The van der Waals surface area contributed by atoms with Gasteiger partial charge in [0.25, 0.3) is 0 Å². The van der Waals surface area contributed by atoms with Gasteiger partial charge in [-0.1, -0.05) is 41.8 Å². The summed E-state index contributed by atoms with van der Waals surface area (Å²) in [7, 11) is 0. The van der Waals surface area contributed by atoms with E-state index in [2.05, 4.69) is 51.8 Å². The molecule has 2 aromatic carbocycles. The molecule has 0 saturated carbocycles. The smallest absolute Gasteiger partial charge is 0.379 e. The van der Waals surface area contributed by atoms with Gasteiger partial charge in [0.05, 0.1) is 23.8 Å². The van der Waals surface area contributed by atoms with E-state index in [1.807, 2.05) is 16.9 Å². The molecule has 4 rings (SSSR count). The molecule has 4 aromatic rings. The quantitative estimate of drug-likeness (QED) is 0.176. The van der Waals surface area contributed by atoms with Gasteiger partial charge >= 0.3 is 6.18 Å². The first-order valence-corrected chi connectivity index (χ1v) is 12.7. The van der Waals surface area contributed by atoms with Crippen LogP contribution in [0.4, 0.5) is 18.9 Å². The molecule has 2 heterocycles. The standard InChI is InChI=1S/C26H28F3N5S/c1-19-6-9-21(10-7-19)31-17-22-18-34(33-32-22)14-4-2-3-5-15-35-25-12-13-30-24-16-20(26(27,28)29)8-11-23(24)25/h6-13,16,18,31H,2-5,14-15,17H2,1H3. The fraction of sp³-hybridized carbons (Fsp3) is 0.346. The maximum Gasteiger partial charge on any atom is 0.416 e. The van der Waals surface area contributed by atoms with E-state index in [1.165, 1.54) is 11.6 Å². The maximum atomic E-state index is 12.9. The second kappa shape index (κ2) is 11.6. The van der Waals surface area contributed by atoms with Crippen molar-refractivity contribution < 1.29 is 13.2 Å². The lowest BCUT2D eigenvalue weighted by Gasteiger charge is -2.10. The van der Waals surface area contributed by atoms with Crippen LogP contribution < -0.4 is 5.32 Å². The molecule has 0 aliphatic rings. The number of aromatic nitrogens is 4. The highest BCUT2D eigenvalue weighted by molar-refractivity contribution is 7.99. The highest BCUT2D eigenvalue weighted by Gasteiger charge is 2.30. The van der Waals surface area contributed by atoms with Crippen LogP contribution in [0.3, 0.4) is 0 Å². The van der Waals surface area contributed by atoms with Crippen LogP contribution in [0.2, 0.25) is 0 Å². The van der Waals surface area contributed by atoms with Gasteiger partial charge in [0.2, 0.25) is 0 Å². The van der Waals surface area contributed by atoms with Crippen LogP contribution in [-0.2, 0) is 19.3 Å². The lowest BCUT2D eigenvalue weighted by atomic mass is 10.1. The Morgan fingerprint density at radius 1 is 0.971 bits per heavy atom. The van der Waals surface area contributed by atoms with Gasteiger partial charge < -0.3 is 5.32 Å². The summed E-state index contributed by atoms with van der Waals surface area (Å²) in [6, 6.07) is 13.9. The topological polar surface area (TPSA) is 55.6 Å². The number of halogens is 3. The Morgan fingerprint density at radius 3 is 2.57 bits per heavy atom. The number of fused-ring (bicyclic) bond motifs is 1. The van der Waals surface area contributed by atoms with Gasteiger partial charge in [0.1, 0.15) is 5.69 Å². The molecule has 5 nitrogen and oxygen atoms in total. The minimum absolute atomic E-state index is 0.381. The Balaban J connectivity index is 1.14. The van der Waals surface area contributed by atoms with Gasteiger partial charge in [-0.25, -0.2) is 0 Å². The summed E-state index contributed by atoms with van der Waals surface area (Å²) in [5.74, 6) is 0.915. The summed E-state index contributed by atoms with van der Waals surface area (Å²) < 4.78 is 40.7. The van der Waals surface area contributed by atoms with Crippen molar-refractivity contribution in [3.05, 3.63) is 77.7 Å². The normalized spacial score (nSPS) is 11.8. The van der Waals surface area contributed by atoms with Crippen molar-refractivity contribution in [2.75, 3.05) is 11.1 Å². The second-order valence-electron chi connectivity index (χ2n) is 8.49. The van der Waals surface area contributed by atoms with E-state index in [9.17, 15) is 13.2 Å². The predicted molar refractivity (Wildman–Crippen MR) is 134 cm³/mol. The molecule has 0 aliphatic carbocycles. The number of rotatable bonds is 11. The number of thioether (sulfide) groups is 1. The van der Waals surface area contributed by atoms with Gasteiger partial charge in [-0.2, -0.15) is 13.2 Å². The fourth-order valence-electron chi connectivity index (χ4n) is 3.73. The van der Waals surface area contributed by atoms with Crippen molar-refractivity contribution in [1.82, 2.24) is 20.0 Å². The summed E-state index contributed by atoms with van der Waals surface area (Å²) in [5, 5.41) is 12.6. The Labute approximate surface area is 207 Å². The zero-order valence-corrected chi connectivity index (χ0v) is 20.4. The zero-order valence-electron chi connectivity index (χ0n) is 19.6. The zero-order chi connectivity index (χ0) is 24.7. The van der Waals surface area contributed by atoms with Gasteiger partial charge in [-0.05, 0) is 55.9 Å². The summed E-state index contributed by atoms with van der Waals surface area (Å²) in [6.07, 6.45) is 3.44. The number of unbranched alkanes of at least 4 members (excludes halogenated alkanes) is 3. The SMILES string of the molecule is Cc1ccc(NCc2cn(CCCCCCSc3ccnc4cc(C(F)(F)F)ccc34)nn2)cc1. The monoisotopic (exact) mass is 499 g/mol. The largest absolute Gasteiger partial charge is 0.416 e. The minimum Gasteiger partial charge on any atom is -0.379 e. The lowest BCUT2D eigenvalue weighted by Crippen LogP contribution is -2.04. The average Bonchev–Trinajstić information content (AvgIpc) is 3.30. The number of alkyl halides is 3. The lowest BCUT2D eigenvalue weighted by molar-refractivity contribution is -0.137. The van der Waals surface area contributed by atoms with Crippen LogP contribution in [0.1, 0.15) is 42.5 Å². The number of hydrogen-bond acceptors (Lipinski definition) is 5. The van der Waals surface area contributed by atoms with Crippen LogP contribution in [0.5, 0.6) is 0 Å². The summed E-state index contributed by atoms with van der Waals surface area (Å²) in [4.78, 5) is 5.09. The van der Waals surface area contributed by atoms with E-state index < -0.39 is 11.7 Å². The Hall–Kier alpha value is -3.07. The molecule has 35 heavy (non-hydrogen) atoms. The van der Waals surface area contributed by atoms with Crippen LogP contribution in [-0.4, -0.2) is 25.7 Å². The molecule has 0 atom stereocenters. The number of pyridine rings is 1. The molecule has 1 N–H and O–H groups in total. The highest BCUT2D eigenvalue weighted by Crippen LogP contribution is 2.34. The Kier molecular flexibility index (Phi) is 8.28. The third-order valence-electron chi connectivity index (χ3n) is 5.68. The van der Waals surface area contributed by atoms with Crippen LogP contribution in [0.25, 0.3) is 10.9 Å². The van der Waals surface area contributed by atoms with E-state index in [-0.39, 0.29) is 0 Å². The predicted octanol–water partition coefficient (Wildman–Crippen LogP) is 7.12. The van der Waals surface area contributed by atoms with E-state index in [4.69, 9.17) is 0 Å². The van der Waals surface area contributed by atoms with E-state index in [1.54, 1.807) is 18.0 Å². The number of aryl methyl sites for hydroxylation is 2. The van der Waals surface area contributed by atoms with E-state index in [0.29, 0.717) is 12.1 Å². The van der Waals surface area contributed by atoms with Crippen molar-refractivity contribution in [3.8, 4) is 0 Å². The first kappa shape index (κ1) is 25.0. The Bertz CT molecular complexity index is 1240. The molecule has 0 spiro atoms. The fourth-order valence-corrected chi connectivity index (χ4v) is 4.78. The van der Waals surface area contributed by atoms with Crippen molar-refractivity contribution in [3.63, 3.8) is 0 Å². The van der Waals surface area contributed by atoms with Crippen molar-refractivity contribution >= 4 is 28.4 Å². The summed E-state index contributed by atoms with van der Waals surface area (Å²) >= 11 is 1.67. The van der Waals surface area contributed by atoms with Crippen molar-refractivity contribution in [2.24, 2.45) is 0 Å². The third-order valence-corrected chi connectivity index (χ3v) is 6.84. The molecule has 2 aromatic heterocycles.